The molecule has 1 aliphatic rings. The summed E-state index contributed by atoms with van der Waals surface area (Å²) in [6.07, 6.45) is 2.47. The topological polar surface area (TPSA) is 29.3 Å². The van der Waals surface area contributed by atoms with Crippen LogP contribution in [-0.4, -0.2) is 6.54 Å². The van der Waals surface area contributed by atoms with E-state index in [1.54, 1.807) is 0 Å². The summed E-state index contributed by atoms with van der Waals surface area (Å²) in [7, 11) is 0. The molecule has 0 aromatic heterocycles. The third kappa shape index (κ3) is 2.38. The molecule has 0 radical (unpaired) electrons. The van der Waals surface area contributed by atoms with Gasteiger partial charge in [0.25, 0.3) is 0 Å². The van der Waals surface area contributed by atoms with Crippen LogP contribution in [0.4, 0.5) is 11.4 Å². The number of benzene rings is 2. The second-order valence-electron chi connectivity index (χ2n) is 5.81. The number of anilines is 2. The Balaban J connectivity index is 1.96. The molecule has 0 bridgehead atoms. The van der Waals surface area contributed by atoms with Gasteiger partial charge in [0.15, 0.2) is 0 Å². The van der Waals surface area contributed by atoms with Gasteiger partial charge in [-0.2, -0.15) is 0 Å². The van der Waals surface area contributed by atoms with Gasteiger partial charge < -0.3 is 10.6 Å². The van der Waals surface area contributed by atoms with Crippen LogP contribution in [0.5, 0.6) is 0 Å². The molecule has 1 heterocycles. The predicted octanol–water partition coefficient (Wildman–Crippen LogP) is 4.23. The van der Waals surface area contributed by atoms with Crippen LogP contribution < -0.4 is 10.6 Å². The monoisotopic (exact) mass is 266 g/mol. The molecule has 0 aliphatic carbocycles. The number of hydrogen-bond acceptors (Lipinski definition) is 2. The van der Waals surface area contributed by atoms with E-state index < -0.39 is 0 Å². The Bertz CT molecular complexity index is 601. The highest BCUT2D eigenvalue weighted by Gasteiger charge is 2.27. The van der Waals surface area contributed by atoms with Crippen molar-refractivity contribution in [3.05, 3.63) is 59.2 Å². The molecular formula is C18H22N2. The highest BCUT2D eigenvalue weighted by Crippen LogP contribution is 2.38. The van der Waals surface area contributed by atoms with Gasteiger partial charge in [-0.25, -0.2) is 0 Å². The fourth-order valence-electron chi connectivity index (χ4n) is 3.15. The van der Waals surface area contributed by atoms with E-state index in [1.807, 2.05) is 12.1 Å². The molecule has 1 fully saturated rings. The molecular weight excluding hydrogens is 244 g/mol. The van der Waals surface area contributed by atoms with Crippen LogP contribution in [0.25, 0.3) is 0 Å². The zero-order valence-corrected chi connectivity index (χ0v) is 12.3. The fraction of sp³-hybridized carbons (Fsp3) is 0.333. The zero-order valence-electron chi connectivity index (χ0n) is 12.3. The fourth-order valence-corrected chi connectivity index (χ4v) is 3.15. The molecule has 2 N–H and O–H groups in total. The van der Waals surface area contributed by atoms with Crippen LogP contribution in [-0.2, 0) is 0 Å². The number of rotatable bonds is 2. The van der Waals surface area contributed by atoms with Crippen molar-refractivity contribution in [3.8, 4) is 0 Å². The van der Waals surface area contributed by atoms with Gasteiger partial charge in [0.05, 0.1) is 6.04 Å². The Kier molecular flexibility index (Phi) is 3.39. The number of aryl methyl sites for hydroxylation is 2. The third-order valence-electron chi connectivity index (χ3n) is 4.25. The van der Waals surface area contributed by atoms with Crippen LogP contribution in [0, 0.1) is 13.8 Å². The lowest BCUT2D eigenvalue weighted by Crippen LogP contribution is -2.23. The maximum absolute atomic E-state index is 5.80. The van der Waals surface area contributed by atoms with Crippen molar-refractivity contribution >= 4 is 11.4 Å². The molecule has 1 atom stereocenters. The van der Waals surface area contributed by atoms with E-state index in [2.05, 4.69) is 49.1 Å². The summed E-state index contributed by atoms with van der Waals surface area (Å²) in [6, 6.07) is 15.6. The summed E-state index contributed by atoms with van der Waals surface area (Å²) in [5.41, 5.74) is 12.1. The normalized spacial score (nSPS) is 18.5. The maximum Gasteiger partial charge on any atom is 0.0543 e. The summed E-state index contributed by atoms with van der Waals surface area (Å²) in [5.74, 6) is 0. The molecule has 1 aliphatic heterocycles. The van der Waals surface area contributed by atoms with Gasteiger partial charge in [-0.05, 0) is 61.6 Å². The Labute approximate surface area is 121 Å². The van der Waals surface area contributed by atoms with E-state index in [9.17, 15) is 0 Å². The third-order valence-corrected chi connectivity index (χ3v) is 4.25. The minimum absolute atomic E-state index is 0.482. The van der Waals surface area contributed by atoms with Crippen molar-refractivity contribution in [2.75, 3.05) is 17.2 Å². The summed E-state index contributed by atoms with van der Waals surface area (Å²) in [5, 5.41) is 0. The lowest BCUT2D eigenvalue weighted by molar-refractivity contribution is 0.718. The van der Waals surface area contributed by atoms with E-state index in [4.69, 9.17) is 5.73 Å². The van der Waals surface area contributed by atoms with Crippen LogP contribution in [0.3, 0.4) is 0 Å². The first-order valence-corrected chi connectivity index (χ1v) is 7.34. The standard InChI is InChI=1S/C18H22N2/c1-13-5-6-14(2)18(12-13)20-11-3-4-17(20)15-7-9-16(19)10-8-15/h5-10,12,17H,3-4,11,19H2,1-2H3. The molecule has 2 aromatic rings. The first-order valence-electron chi connectivity index (χ1n) is 7.34. The second-order valence-corrected chi connectivity index (χ2v) is 5.81. The van der Waals surface area contributed by atoms with Crippen LogP contribution in [0.15, 0.2) is 42.5 Å². The Morgan fingerprint density at radius 1 is 1.05 bits per heavy atom. The molecule has 2 nitrogen and oxygen atoms in total. The van der Waals surface area contributed by atoms with E-state index in [-0.39, 0.29) is 0 Å². The Morgan fingerprint density at radius 2 is 1.80 bits per heavy atom. The minimum Gasteiger partial charge on any atom is -0.399 e. The van der Waals surface area contributed by atoms with Crippen molar-refractivity contribution in [1.82, 2.24) is 0 Å². The van der Waals surface area contributed by atoms with E-state index >= 15 is 0 Å². The SMILES string of the molecule is Cc1ccc(C)c(N2CCCC2c2ccc(N)cc2)c1. The summed E-state index contributed by atoms with van der Waals surface area (Å²) >= 11 is 0. The molecule has 20 heavy (non-hydrogen) atoms. The van der Waals surface area contributed by atoms with Crippen molar-refractivity contribution in [2.24, 2.45) is 0 Å². The van der Waals surface area contributed by atoms with Gasteiger partial charge >= 0.3 is 0 Å². The first-order chi connectivity index (χ1) is 9.65. The highest BCUT2D eigenvalue weighted by molar-refractivity contribution is 5.57. The zero-order chi connectivity index (χ0) is 14.1. The molecule has 0 amide bonds. The van der Waals surface area contributed by atoms with Gasteiger partial charge in [0.1, 0.15) is 0 Å². The van der Waals surface area contributed by atoms with Crippen LogP contribution >= 0.6 is 0 Å². The molecule has 104 valence electrons. The van der Waals surface area contributed by atoms with Gasteiger partial charge in [0, 0.05) is 17.9 Å². The molecule has 2 heteroatoms. The van der Waals surface area contributed by atoms with Crippen LogP contribution in [0.1, 0.15) is 35.6 Å². The minimum atomic E-state index is 0.482. The largest absolute Gasteiger partial charge is 0.399 e. The van der Waals surface area contributed by atoms with Crippen molar-refractivity contribution in [3.63, 3.8) is 0 Å². The molecule has 1 saturated heterocycles. The Hall–Kier alpha value is -1.96. The van der Waals surface area contributed by atoms with Gasteiger partial charge in [0.2, 0.25) is 0 Å². The summed E-state index contributed by atoms with van der Waals surface area (Å²) < 4.78 is 0. The first kappa shape index (κ1) is 13.0. The van der Waals surface area contributed by atoms with E-state index in [0.29, 0.717) is 6.04 Å². The van der Waals surface area contributed by atoms with E-state index in [1.165, 1.54) is 35.2 Å². The molecule has 0 spiro atoms. The van der Waals surface area contributed by atoms with Gasteiger partial charge in [-0.3, -0.25) is 0 Å². The van der Waals surface area contributed by atoms with Crippen LogP contribution in [0.2, 0.25) is 0 Å². The molecule has 3 rings (SSSR count). The summed E-state index contributed by atoms with van der Waals surface area (Å²) in [4.78, 5) is 2.55. The van der Waals surface area contributed by atoms with Crippen molar-refractivity contribution in [1.29, 1.82) is 0 Å². The highest BCUT2D eigenvalue weighted by atomic mass is 15.2. The smallest absolute Gasteiger partial charge is 0.0543 e. The number of nitrogens with zero attached hydrogens (tertiary/aromatic N) is 1. The molecule has 1 unspecified atom stereocenters. The number of hydrogen-bond donors (Lipinski definition) is 1. The second kappa shape index (κ2) is 5.20. The maximum atomic E-state index is 5.80. The average Bonchev–Trinajstić information content (AvgIpc) is 2.91. The lowest BCUT2D eigenvalue weighted by Gasteiger charge is -2.29. The Morgan fingerprint density at radius 3 is 2.55 bits per heavy atom. The molecule has 2 aromatic carbocycles. The summed E-state index contributed by atoms with van der Waals surface area (Å²) in [6.45, 7) is 5.50. The van der Waals surface area contributed by atoms with Gasteiger partial charge in [-0.1, -0.05) is 24.3 Å². The van der Waals surface area contributed by atoms with Gasteiger partial charge in [-0.15, -0.1) is 0 Å². The predicted molar refractivity (Wildman–Crippen MR) is 86.1 cm³/mol. The lowest BCUT2D eigenvalue weighted by atomic mass is 10.0. The van der Waals surface area contributed by atoms with E-state index in [0.717, 1.165) is 12.2 Å². The quantitative estimate of drug-likeness (QED) is 0.824. The number of nitrogen functional groups attached to an aromatic ring is 1. The van der Waals surface area contributed by atoms with Crippen molar-refractivity contribution < 1.29 is 0 Å². The number of nitrogens with two attached hydrogens (primary N) is 1. The average molecular weight is 266 g/mol. The van der Waals surface area contributed by atoms with Crippen molar-refractivity contribution in [2.45, 2.75) is 32.7 Å². The molecule has 0 saturated carbocycles.